The van der Waals surface area contributed by atoms with Gasteiger partial charge in [0.05, 0.1) is 12.0 Å². The molecule has 4 aromatic rings. The number of carbonyl (C=O) groups excluding carboxylic acids is 1. The van der Waals surface area contributed by atoms with Gasteiger partial charge in [0.2, 0.25) is 0 Å². The Hall–Kier alpha value is -4.20. The number of imidazole rings is 1. The number of amides is 1. The summed E-state index contributed by atoms with van der Waals surface area (Å²) < 4.78 is 6.76. The normalized spacial score (nSPS) is 10.7. The van der Waals surface area contributed by atoms with Crippen molar-refractivity contribution in [3.8, 4) is 17.0 Å². The number of hydrogen-bond acceptors (Lipinski definition) is 5. The van der Waals surface area contributed by atoms with Crippen LogP contribution < -0.4 is 10.1 Å². The van der Waals surface area contributed by atoms with Crippen molar-refractivity contribution in [2.45, 2.75) is 0 Å². The van der Waals surface area contributed by atoms with Crippen LogP contribution in [0.25, 0.3) is 16.9 Å². The maximum Gasteiger partial charge on any atom is 0.311 e. The number of pyridine rings is 1. The van der Waals surface area contributed by atoms with E-state index < -0.39 is 10.8 Å². The first kappa shape index (κ1) is 18.2. The predicted octanol–water partition coefficient (Wildman–Crippen LogP) is 4.17. The maximum atomic E-state index is 12.9. The molecule has 1 N–H and O–H groups in total. The SMILES string of the molecule is COc1ccc(C(=O)Nc2c(-c3ccccc3)nc3ccccn23)cc1[N+](=O)[O-]. The van der Waals surface area contributed by atoms with E-state index in [0.29, 0.717) is 17.2 Å². The number of ether oxygens (including phenoxy) is 1. The van der Waals surface area contributed by atoms with Gasteiger partial charge in [-0.2, -0.15) is 0 Å². The summed E-state index contributed by atoms with van der Waals surface area (Å²) in [5, 5.41) is 14.1. The highest BCUT2D eigenvalue weighted by atomic mass is 16.6. The molecule has 0 unspecified atom stereocenters. The van der Waals surface area contributed by atoms with Crippen molar-refractivity contribution in [3.05, 3.63) is 88.6 Å². The number of fused-ring (bicyclic) bond motifs is 1. The molecule has 8 nitrogen and oxygen atoms in total. The average Bonchev–Trinajstić information content (AvgIpc) is 3.12. The number of nitrogens with zero attached hydrogens (tertiary/aromatic N) is 3. The third-order valence-corrected chi connectivity index (χ3v) is 4.45. The first-order chi connectivity index (χ1) is 14.1. The maximum absolute atomic E-state index is 12.9. The summed E-state index contributed by atoms with van der Waals surface area (Å²) in [6.07, 6.45) is 1.79. The van der Waals surface area contributed by atoms with Gasteiger partial charge in [-0.3, -0.25) is 19.3 Å². The second-order valence-electron chi connectivity index (χ2n) is 6.20. The fourth-order valence-corrected chi connectivity index (χ4v) is 3.07. The smallest absolute Gasteiger partial charge is 0.311 e. The third-order valence-electron chi connectivity index (χ3n) is 4.45. The minimum Gasteiger partial charge on any atom is -0.490 e. The molecule has 2 heterocycles. The molecular weight excluding hydrogens is 372 g/mol. The second-order valence-corrected chi connectivity index (χ2v) is 6.20. The summed E-state index contributed by atoms with van der Waals surface area (Å²) in [6, 6.07) is 19.1. The highest BCUT2D eigenvalue weighted by Gasteiger charge is 2.21. The van der Waals surface area contributed by atoms with Gasteiger partial charge >= 0.3 is 5.69 Å². The fourth-order valence-electron chi connectivity index (χ4n) is 3.07. The van der Waals surface area contributed by atoms with Crippen LogP contribution in [0.4, 0.5) is 11.5 Å². The number of benzene rings is 2. The molecule has 1 amide bonds. The Bertz CT molecular complexity index is 1220. The van der Waals surface area contributed by atoms with Crippen LogP contribution >= 0.6 is 0 Å². The number of hydrogen-bond donors (Lipinski definition) is 1. The van der Waals surface area contributed by atoms with Crippen LogP contribution in [0.3, 0.4) is 0 Å². The van der Waals surface area contributed by atoms with Crippen LogP contribution in [-0.2, 0) is 0 Å². The number of nitro groups is 1. The van der Waals surface area contributed by atoms with E-state index in [1.54, 1.807) is 10.6 Å². The van der Waals surface area contributed by atoms with Crippen LogP contribution in [0, 0.1) is 10.1 Å². The molecule has 29 heavy (non-hydrogen) atoms. The van der Waals surface area contributed by atoms with Crippen LogP contribution in [0.15, 0.2) is 72.9 Å². The number of methoxy groups -OCH3 is 1. The molecule has 0 saturated carbocycles. The van der Waals surface area contributed by atoms with Crippen LogP contribution in [0.2, 0.25) is 0 Å². The van der Waals surface area contributed by atoms with Gasteiger partial charge in [0, 0.05) is 23.4 Å². The minimum absolute atomic E-state index is 0.0892. The zero-order chi connectivity index (χ0) is 20.4. The number of nitro benzene ring substituents is 1. The Balaban J connectivity index is 1.77. The van der Waals surface area contributed by atoms with E-state index in [9.17, 15) is 14.9 Å². The van der Waals surface area contributed by atoms with E-state index in [0.717, 1.165) is 5.56 Å². The summed E-state index contributed by atoms with van der Waals surface area (Å²) in [4.78, 5) is 28.2. The topological polar surface area (TPSA) is 98.8 Å². The van der Waals surface area contributed by atoms with Crippen LogP contribution in [0.1, 0.15) is 10.4 Å². The standard InChI is InChI=1S/C21H16N4O4/c1-29-17-11-10-15(13-16(17)25(27)28)21(26)23-20-19(14-7-3-2-4-8-14)22-18-9-5-6-12-24(18)20/h2-13H,1H3,(H,23,26). The molecule has 2 aromatic heterocycles. The molecule has 0 aliphatic rings. The lowest BCUT2D eigenvalue weighted by Gasteiger charge is -2.09. The zero-order valence-corrected chi connectivity index (χ0v) is 15.4. The molecule has 0 radical (unpaired) electrons. The Morgan fingerprint density at radius 1 is 1.10 bits per heavy atom. The Labute approximate surface area is 165 Å². The van der Waals surface area contributed by atoms with Crippen molar-refractivity contribution in [1.29, 1.82) is 0 Å². The van der Waals surface area contributed by atoms with Crippen molar-refractivity contribution in [2.75, 3.05) is 12.4 Å². The fraction of sp³-hybridized carbons (Fsp3) is 0.0476. The first-order valence-electron chi connectivity index (χ1n) is 8.75. The lowest BCUT2D eigenvalue weighted by atomic mass is 10.1. The van der Waals surface area contributed by atoms with Gasteiger partial charge in [0.1, 0.15) is 17.2 Å². The number of nitrogens with one attached hydrogen (secondary N) is 1. The number of anilines is 1. The van der Waals surface area contributed by atoms with Crippen LogP contribution in [0.5, 0.6) is 5.75 Å². The Morgan fingerprint density at radius 2 is 1.86 bits per heavy atom. The molecule has 8 heteroatoms. The molecule has 2 aromatic carbocycles. The molecule has 0 fully saturated rings. The van der Waals surface area contributed by atoms with Gasteiger partial charge in [0.25, 0.3) is 5.91 Å². The molecule has 0 aliphatic heterocycles. The van der Waals surface area contributed by atoms with E-state index in [4.69, 9.17) is 4.74 Å². The van der Waals surface area contributed by atoms with Gasteiger partial charge < -0.3 is 10.1 Å². The molecule has 0 aliphatic carbocycles. The minimum atomic E-state index is -0.584. The van der Waals surface area contributed by atoms with E-state index in [2.05, 4.69) is 10.3 Å². The quantitative estimate of drug-likeness (QED) is 0.409. The molecular formula is C21H16N4O4. The molecule has 4 rings (SSSR count). The van der Waals surface area contributed by atoms with Crippen LogP contribution in [-0.4, -0.2) is 27.3 Å². The summed E-state index contributed by atoms with van der Waals surface area (Å²) >= 11 is 0. The van der Waals surface area contributed by atoms with Gasteiger partial charge in [0.15, 0.2) is 5.75 Å². The predicted molar refractivity (Wildman–Crippen MR) is 108 cm³/mol. The number of rotatable bonds is 5. The Morgan fingerprint density at radius 3 is 2.59 bits per heavy atom. The van der Waals surface area contributed by atoms with Crippen molar-refractivity contribution < 1.29 is 14.5 Å². The lowest BCUT2D eigenvalue weighted by Crippen LogP contribution is -2.14. The molecule has 144 valence electrons. The first-order valence-corrected chi connectivity index (χ1v) is 8.75. The number of carbonyl (C=O) groups is 1. The van der Waals surface area contributed by atoms with Gasteiger partial charge in [-0.15, -0.1) is 0 Å². The number of aromatic nitrogens is 2. The summed E-state index contributed by atoms with van der Waals surface area (Å²) in [7, 11) is 1.34. The highest BCUT2D eigenvalue weighted by Crippen LogP contribution is 2.31. The average molecular weight is 388 g/mol. The summed E-state index contributed by atoms with van der Waals surface area (Å²) in [5.41, 5.74) is 1.98. The molecule has 0 spiro atoms. The van der Waals surface area contributed by atoms with E-state index in [-0.39, 0.29) is 17.0 Å². The van der Waals surface area contributed by atoms with Gasteiger partial charge in [-0.25, -0.2) is 4.98 Å². The van der Waals surface area contributed by atoms with Gasteiger partial charge in [-0.1, -0.05) is 36.4 Å². The lowest BCUT2D eigenvalue weighted by molar-refractivity contribution is -0.385. The van der Waals surface area contributed by atoms with E-state index >= 15 is 0 Å². The van der Waals surface area contributed by atoms with E-state index in [1.165, 1.54) is 25.3 Å². The van der Waals surface area contributed by atoms with Crippen molar-refractivity contribution >= 4 is 23.1 Å². The molecule has 0 saturated heterocycles. The third kappa shape index (κ3) is 3.39. The van der Waals surface area contributed by atoms with Crippen molar-refractivity contribution in [2.24, 2.45) is 0 Å². The zero-order valence-electron chi connectivity index (χ0n) is 15.4. The summed E-state index contributed by atoms with van der Waals surface area (Å²) in [6.45, 7) is 0. The van der Waals surface area contributed by atoms with Gasteiger partial charge in [-0.05, 0) is 24.3 Å². The van der Waals surface area contributed by atoms with Crippen molar-refractivity contribution in [3.63, 3.8) is 0 Å². The largest absolute Gasteiger partial charge is 0.490 e. The second kappa shape index (κ2) is 7.43. The Kier molecular flexibility index (Phi) is 4.66. The molecule has 0 atom stereocenters. The molecule has 0 bridgehead atoms. The highest BCUT2D eigenvalue weighted by molar-refractivity contribution is 6.06. The summed E-state index contributed by atoms with van der Waals surface area (Å²) in [5.74, 6) is 0.0835. The van der Waals surface area contributed by atoms with E-state index in [1.807, 2.05) is 48.5 Å². The monoisotopic (exact) mass is 388 g/mol. The van der Waals surface area contributed by atoms with Crippen molar-refractivity contribution in [1.82, 2.24) is 9.38 Å².